The van der Waals surface area contributed by atoms with Crippen molar-refractivity contribution in [2.75, 3.05) is 19.0 Å². The molecular weight excluding hydrogens is 358 g/mol. The van der Waals surface area contributed by atoms with Gasteiger partial charge in [-0.3, -0.25) is 14.5 Å². The van der Waals surface area contributed by atoms with Crippen molar-refractivity contribution >= 4 is 23.5 Å². The van der Waals surface area contributed by atoms with Crippen LogP contribution in [0.3, 0.4) is 0 Å². The number of unbranched alkanes of at least 4 members (excludes halogenated alkanes) is 2. The first-order chi connectivity index (χ1) is 13.5. The summed E-state index contributed by atoms with van der Waals surface area (Å²) in [7, 11) is 1.59. The fourth-order valence-electron chi connectivity index (χ4n) is 4.05. The molecule has 1 saturated heterocycles. The lowest BCUT2D eigenvalue weighted by atomic mass is 9.76. The first kappa shape index (κ1) is 20.2. The number of rotatable bonds is 7. The lowest BCUT2D eigenvalue weighted by Gasteiger charge is -2.42. The number of methoxy groups -OCH3 is 1. The smallest absolute Gasteiger partial charge is 0.324 e. The lowest BCUT2D eigenvalue weighted by Crippen LogP contribution is -2.62. The molecule has 28 heavy (non-hydrogen) atoms. The number of carbonyl (C=O) groups is 3. The number of fused-ring (bicyclic) bond motifs is 1. The second-order valence-electron chi connectivity index (χ2n) is 7.59. The number of benzene rings is 1. The average Bonchev–Trinajstić information content (AvgIpc) is 2.70. The number of hydrogen-bond donors (Lipinski definition) is 2. The highest BCUT2D eigenvalue weighted by molar-refractivity contribution is 5.99. The number of urea groups is 1. The van der Waals surface area contributed by atoms with Crippen LogP contribution in [0.1, 0.15) is 45.4 Å². The Labute approximate surface area is 165 Å². The summed E-state index contributed by atoms with van der Waals surface area (Å²) in [6.07, 6.45) is 4.63. The summed E-state index contributed by atoms with van der Waals surface area (Å²) < 4.78 is 5.12. The molecule has 1 aliphatic heterocycles. The number of nitrogens with zero attached hydrogens (tertiary/aromatic N) is 1. The largest absolute Gasteiger partial charge is 0.497 e. The summed E-state index contributed by atoms with van der Waals surface area (Å²) in [5, 5.41) is 5.88. The third-order valence-corrected chi connectivity index (χ3v) is 5.70. The van der Waals surface area contributed by atoms with Gasteiger partial charge in [-0.25, -0.2) is 4.79 Å². The number of hydrogen-bond acceptors (Lipinski definition) is 4. The highest BCUT2D eigenvalue weighted by atomic mass is 16.5. The normalized spacial score (nSPS) is 24.4. The van der Waals surface area contributed by atoms with Crippen LogP contribution in [0.15, 0.2) is 24.3 Å². The van der Waals surface area contributed by atoms with Crippen molar-refractivity contribution in [2.24, 2.45) is 11.8 Å². The molecule has 7 nitrogen and oxygen atoms in total. The zero-order valence-electron chi connectivity index (χ0n) is 16.6. The van der Waals surface area contributed by atoms with Crippen LogP contribution in [0.25, 0.3) is 0 Å². The monoisotopic (exact) mass is 387 g/mol. The zero-order valence-corrected chi connectivity index (χ0v) is 16.6. The van der Waals surface area contributed by atoms with E-state index in [0.29, 0.717) is 31.5 Å². The van der Waals surface area contributed by atoms with Crippen LogP contribution >= 0.6 is 0 Å². The molecule has 152 valence electrons. The second-order valence-corrected chi connectivity index (χ2v) is 7.59. The van der Waals surface area contributed by atoms with E-state index in [0.717, 1.165) is 25.0 Å². The molecule has 0 radical (unpaired) electrons. The number of ether oxygens (including phenoxy) is 1. The van der Waals surface area contributed by atoms with Crippen molar-refractivity contribution in [3.8, 4) is 5.75 Å². The van der Waals surface area contributed by atoms with Crippen molar-refractivity contribution in [2.45, 2.75) is 51.5 Å². The Kier molecular flexibility index (Phi) is 6.54. The summed E-state index contributed by atoms with van der Waals surface area (Å²) in [5.74, 6) is 0.132. The molecule has 1 aromatic rings. The van der Waals surface area contributed by atoms with Gasteiger partial charge in [0.2, 0.25) is 11.8 Å². The number of carbonyl (C=O) groups excluding carboxylic acids is 3. The molecule has 1 aliphatic carbocycles. The lowest BCUT2D eigenvalue weighted by molar-refractivity contribution is -0.138. The van der Waals surface area contributed by atoms with Crippen LogP contribution < -0.4 is 15.4 Å². The maximum Gasteiger partial charge on any atom is 0.324 e. The van der Waals surface area contributed by atoms with Gasteiger partial charge < -0.3 is 15.4 Å². The van der Waals surface area contributed by atoms with Gasteiger partial charge in [-0.15, -0.1) is 0 Å². The van der Waals surface area contributed by atoms with Crippen molar-refractivity contribution in [3.63, 3.8) is 0 Å². The topological polar surface area (TPSA) is 87.7 Å². The second kappa shape index (κ2) is 9.08. The standard InChI is InChI=1S/C21H29N3O4/c1-3-4-5-12-24-20(26)17-11-6-14(13-18(17)23-21(24)27)19(25)22-15-7-9-16(28-2)10-8-15/h7-10,14,17-18H,3-6,11-13H2,1-2H3,(H,22,25)(H,23,27). The molecule has 2 fully saturated rings. The third-order valence-electron chi connectivity index (χ3n) is 5.70. The van der Waals surface area contributed by atoms with Crippen LogP contribution in [0.5, 0.6) is 5.75 Å². The molecule has 3 unspecified atom stereocenters. The van der Waals surface area contributed by atoms with Crippen molar-refractivity contribution in [3.05, 3.63) is 24.3 Å². The zero-order chi connectivity index (χ0) is 20.1. The van der Waals surface area contributed by atoms with E-state index in [4.69, 9.17) is 4.74 Å². The number of nitrogens with one attached hydrogen (secondary N) is 2. The first-order valence-corrected chi connectivity index (χ1v) is 10.1. The van der Waals surface area contributed by atoms with Crippen molar-refractivity contribution < 1.29 is 19.1 Å². The molecular formula is C21H29N3O4. The predicted molar refractivity (Wildman–Crippen MR) is 106 cm³/mol. The van der Waals surface area contributed by atoms with Crippen LogP contribution in [0.4, 0.5) is 10.5 Å². The van der Waals surface area contributed by atoms with Crippen LogP contribution in [0.2, 0.25) is 0 Å². The maximum absolute atomic E-state index is 12.7. The first-order valence-electron chi connectivity index (χ1n) is 10.1. The SMILES string of the molecule is CCCCCN1C(=O)NC2CC(C(=O)Nc3ccc(OC)cc3)CCC2C1=O. The van der Waals surface area contributed by atoms with Gasteiger partial charge in [0.05, 0.1) is 13.0 Å². The Morgan fingerprint density at radius 2 is 1.96 bits per heavy atom. The van der Waals surface area contributed by atoms with E-state index in [1.165, 1.54) is 4.90 Å². The van der Waals surface area contributed by atoms with E-state index in [1.54, 1.807) is 31.4 Å². The van der Waals surface area contributed by atoms with E-state index < -0.39 is 0 Å². The van der Waals surface area contributed by atoms with Crippen LogP contribution in [0, 0.1) is 11.8 Å². The summed E-state index contributed by atoms with van der Waals surface area (Å²) in [4.78, 5) is 39.1. The van der Waals surface area contributed by atoms with E-state index in [9.17, 15) is 14.4 Å². The van der Waals surface area contributed by atoms with E-state index in [2.05, 4.69) is 17.6 Å². The molecule has 2 aliphatic rings. The molecule has 1 saturated carbocycles. The molecule has 7 heteroatoms. The van der Waals surface area contributed by atoms with Gasteiger partial charge in [0, 0.05) is 24.2 Å². The molecule has 0 spiro atoms. The van der Waals surface area contributed by atoms with Crippen molar-refractivity contribution in [1.82, 2.24) is 10.2 Å². The highest BCUT2D eigenvalue weighted by Gasteiger charge is 2.45. The van der Waals surface area contributed by atoms with Crippen LogP contribution in [-0.4, -0.2) is 42.4 Å². The fraction of sp³-hybridized carbons (Fsp3) is 0.571. The number of imide groups is 1. The van der Waals surface area contributed by atoms with E-state index in [1.807, 2.05) is 0 Å². The summed E-state index contributed by atoms with van der Waals surface area (Å²) in [5.41, 5.74) is 0.707. The van der Waals surface area contributed by atoms with Gasteiger partial charge in [0.1, 0.15) is 5.75 Å². The van der Waals surface area contributed by atoms with Gasteiger partial charge in [-0.2, -0.15) is 0 Å². The summed E-state index contributed by atoms with van der Waals surface area (Å²) in [6, 6.07) is 6.59. The summed E-state index contributed by atoms with van der Waals surface area (Å²) >= 11 is 0. The Morgan fingerprint density at radius 3 is 2.64 bits per heavy atom. The molecule has 4 amide bonds. The molecule has 1 heterocycles. The molecule has 2 N–H and O–H groups in total. The minimum absolute atomic E-state index is 0.0734. The number of anilines is 1. The Bertz CT molecular complexity index is 719. The molecule has 0 aromatic heterocycles. The number of amides is 4. The fourth-order valence-corrected chi connectivity index (χ4v) is 4.05. The van der Waals surface area contributed by atoms with E-state index >= 15 is 0 Å². The van der Waals surface area contributed by atoms with Crippen molar-refractivity contribution in [1.29, 1.82) is 0 Å². The van der Waals surface area contributed by atoms with Gasteiger partial charge in [-0.05, 0) is 49.9 Å². The quantitative estimate of drug-likeness (QED) is 0.704. The predicted octanol–water partition coefficient (Wildman–Crippen LogP) is 3.16. The summed E-state index contributed by atoms with van der Waals surface area (Å²) in [6.45, 7) is 2.56. The van der Waals surface area contributed by atoms with Gasteiger partial charge in [-0.1, -0.05) is 19.8 Å². The van der Waals surface area contributed by atoms with Crippen LogP contribution in [-0.2, 0) is 9.59 Å². The minimum atomic E-state index is -0.321. The molecule has 3 rings (SSSR count). The highest BCUT2D eigenvalue weighted by Crippen LogP contribution is 2.34. The Hall–Kier alpha value is -2.57. The average molecular weight is 387 g/mol. The Balaban J connectivity index is 1.57. The minimum Gasteiger partial charge on any atom is -0.497 e. The maximum atomic E-state index is 12.7. The van der Waals surface area contributed by atoms with E-state index in [-0.39, 0.29) is 35.7 Å². The third kappa shape index (κ3) is 4.46. The van der Waals surface area contributed by atoms with Gasteiger partial charge in [0.25, 0.3) is 0 Å². The Morgan fingerprint density at radius 1 is 1.21 bits per heavy atom. The van der Waals surface area contributed by atoms with Gasteiger partial charge in [0.15, 0.2) is 0 Å². The van der Waals surface area contributed by atoms with Gasteiger partial charge >= 0.3 is 6.03 Å². The molecule has 1 aromatic carbocycles. The molecule has 3 atom stereocenters. The molecule has 0 bridgehead atoms.